The molecule has 0 aliphatic heterocycles. The molecule has 1 aromatic carbocycles. The highest BCUT2D eigenvalue weighted by molar-refractivity contribution is 5.35. The standard InChI is InChI=1S/C17H23NO/c1-4-10-18-17(12-15-8-6-11-19-15)16-9-5-7-13(2)14(16)3/h5-9,11,17-18H,4,10,12H2,1-3H3. The van der Waals surface area contributed by atoms with Crippen molar-refractivity contribution in [2.24, 2.45) is 0 Å². The fourth-order valence-corrected chi connectivity index (χ4v) is 2.39. The normalized spacial score (nSPS) is 12.6. The molecule has 0 bridgehead atoms. The van der Waals surface area contributed by atoms with E-state index >= 15 is 0 Å². The molecule has 2 rings (SSSR count). The Morgan fingerprint density at radius 2 is 2.00 bits per heavy atom. The van der Waals surface area contributed by atoms with Crippen LogP contribution in [0.1, 0.15) is 41.8 Å². The fourth-order valence-electron chi connectivity index (χ4n) is 2.39. The molecule has 2 nitrogen and oxygen atoms in total. The largest absolute Gasteiger partial charge is 0.469 e. The monoisotopic (exact) mass is 257 g/mol. The SMILES string of the molecule is CCCNC(Cc1ccco1)c1cccc(C)c1C. The Morgan fingerprint density at radius 3 is 2.68 bits per heavy atom. The van der Waals surface area contributed by atoms with Crippen molar-refractivity contribution in [3.05, 3.63) is 59.0 Å². The average Bonchev–Trinajstić information content (AvgIpc) is 2.91. The van der Waals surface area contributed by atoms with Crippen LogP contribution in [0.2, 0.25) is 0 Å². The number of benzene rings is 1. The van der Waals surface area contributed by atoms with Crippen LogP contribution in [0.15, 0.2) is 41.0 Å². The van der Waals surface area contributed by atoms with Gasteiger partial charge in [-0.3, -0.25) is 0 Å². The molecule has 2 heteroatoms. The highest BCUT2D eigenvalue weighted by Crippen LogP contribution is 2.24. The lowest BCUT2D eigenvalue weighted by molar-refractivity contribution is 0.448. The summed E-state index contributed by atoms with van der Waals surface area (Å²) in [6.45, 7) is 7.59. The second-order valence-electron chi connectivity index (χ2n) is 5.08. The van der Waals surface area contributed by atoms with E-state index in [2.05, 4.69) is 44.3 Å². The highest BCUT2D eigenvalue weighted by atomic mass is 16.3. The zero-order valence-electron chi connectivity index (χ0n) is 12.1. The first-order chi connectivity index (χ1) is 9.22. The van der Waals surface area contributed by atoms with Crippen molar-refractivity contribution in [2.45, 2.75) is 39.7 Å². The molecule has 1 atom stereocenters. The molecule has 1 unspecified atom stereocenters. The molecule has 1 N–H and O–H groups in total. The molecule has 1 aromatic heterocycles. The third-order valence-corrected chi connectivity index (χ3v) is 3.65. The quantitative estimate of drug-likeness (QED) is 0.839. The Balaban J connectivity index is 2.23. The Kier molecular flexibility index (Phi) is 4.80. The summed E-state index contributed by atoms with van der Waals surface area (Å²) in [6, 6.07) is 10.9. The van der Waals surface area contributed by atoms with E-state index in [-0.39, 0.29) is 0 Å². The van der Waals surface area contributed by atoms with Gasteiger partial charge in [0.1, 0.15) is 5.76 Å². The van der Waals surface area contributed by atoms with E-state index in [0.717, 1.165) is 25.1 Å². The van der Waals surface area contributed by atoms with Gasteiger partial charge in [-0.2, -0.15) is 0 Å². The summed E-state index contributed by atoms with van der Waals surface area (Å²) in [5, 5.41) is 3.63. The molecule has 0 saturated heterocycles. The second-order valence-corrected chi connectivity index (χ2v) is 5.08. The Bertz CT molecular complexity index is 502. The molecule has 0 radical (unpaired) electrons. The van der Waals surface area contributed by atoms with E-state index in [1.165, 1.54) is 16.7 Å². The smallest absolute Gasteiger partial charge is 0.105 e. The van der Waals surface area contributed by atoms with Crippen LogP contribution in [0, 0.1) is 13.8 Å². The first-order valence-corrected chi connectivity index (χ1v) is 7.04. The van der Waals surface area contributed by atoms with Crippen molar-refractivity contribution < 1.29 is 4.42 Å². The summed E-state index contributed by atoms with van der Waals surface area (Å²) in [4.78, 5) is 0. The van der Waals surface area contributed by atoms with Crippen molar-refractivity contribution in [2.75, 3.05) is 6.54 Å². The third kappa shape index (κ3) is 3.48. The summed E-state index contributed by atoms with van der Waals surface area (Å²) < 4.78 is 5.50. The van der Waals surface area contributed by atoms with Crippen molar-refractivity contribution in [1.29, 1.82) is 0 Å². The number of rotatable bonds is 6. The Morgan fingerprint density at radius 1 is 1.16 bits per heavy atom. The van der Waals surface area contributed by atoms with Gasteiger partial charge in [0.05, 0.1) is 6.26 Å². The molecule has 2 aromatic rings. The van der Waals surface area contributed by atoms with Gasteiger partial charge in [-0.05, 0) is 55.6 Å². The summed E-state index contributed by atoms with van der Waals surface area (Å²) >= 11 is 0. The number of furan rings is 1. The summed E-state index contributed by atoms with van der Waals surface area (Å²) in [6.07, 6.45) is 3.78. The van der Waals surface area contributed by atoms with Crippen molar-refractivity contribution in [3.63, 3.8) is 0 Å². The van der Waals surface area contributed by atoms with Gasteiger partial charge in [-0.15, -0.1) is 0 Å². The minimum Gasteiger partial charge on any atom is -0.469 e. The van der Waals surface area contributed by atoms with Crippen LogP contribution in [-0.4, -0.2) is 6.54 Å². The van der Waals surface area contributed by atoms with E-state index in [9.17, 15) is 0 Å². The molecule has 0 spiro atoms. The zero-order chi connectivity index (χ0) is 13.7. The summed E-state index contributed by atoms with van der Waals surface area (Å²) in [5.41, 5.74) is 4.10. The highest BCUT2D eigenvalue weighted by Gasteiger charge is 2.15. The summed E-state index contributed by atoms with van der Waals surface area (Å²) in [5.74, 6) is 1.04. The zero-order valence-corrected chi connectivity index (χ0v) is 12.1. The Labute approximate surface area is 115 Å². The molecular formula is C17H23NO. The molecule has 1 heterocycles. The minimum absolute atomic E-state index is 0.325. The van der Waals surface area contributed by atoms with Crippen LogP contribution >= 0.6 is 0 Å². The predicted octanol–water partition coefficient (Wildman–Crippen LogP) is 4.18. The fraction of sp³-hybridized carbons (Fsp3) is 0.412. The number of nitrogens with one attached hydrogen (secondary N) is 1. The van der Waals surface area contributed by atoms with Crippen LogP contribution in [0.5, 0.6) is 0 Å². The van der Waals surface area contributed by atoms with Crippen LogP contribution in [0.25, 0.3) is 0 Å². The maximum Gasteiger partial charge on any atom is 0.105 e. The number of aryl methyl sites for hydroxylation is 1. The second kappa shape index (κ2) is 6.58. The first kappa shape index (κ1) is 13.9. The van der Waals surface area contributed by atoms with Crippen LogP contribution < -0.4 is 5.32 Å². The molecule has 0 fully saturated rings. The van der Waals surface area contributed by atoms with Crippen molar-refractivity contribution in [3.8, 4) is 0 Å². The van der Waals surface area contributed by atoms with Crippen molar-refractivity contribution in [1.82, 2.24) is 5.32 Å². The lowest BCUT2D eigenvalue weighted by Crippen LogP contribution is -2.24. The van der Waals surface area contributed by atoms with E-state index in [4.69, 9.17) is 4.42 Å². The van der Waals surface area contributed by atoms with Crippen molar-refractivity contribution >= 4 is 0 Å². The first-order valence-electron chi connectivity index (χ1n) is 7.04. The number of hydrogen-bond donors (Lipinski definition) is 1. The molecule has 0 amide bonds. The van der Waals surface area contributed by atoms with Gasteiger partial charge in [0.2, 0.25) is 0 Å². The molecule has 102 valence electrons. The third-order valence-electron chi connectivity index (χ3n) is 3.65. The van der Waals surface area contributed by atoms with Crippen LogP contribution in [0.4, 0.5) is 0 Å². The molecule has 0 saturated carbocycles. The molecular weight excluding hydrogens is 234 g/mol. The van der Waals surface area contributed by atoms with Gasteiger partial charge >= 0.3 is 0 Å². The van der Waals surface area contributed by atoms with Gasteiger partial charge in [0.15, 0.2) is 0 Å². The average molecular weight is 257 g/mol. The van der Waals surface area contributed by atoms with Gasteiger partial charge in [-0.1, -0.05) is 25.1 Å². The molecule has 0 aliphatic rings. The van der Waals surface area contributed by atoms with Gasteiger partial charge < -0.3 is 9.73 Å². The van der Waals surface area contributed by atoms with E-state index in [0.29, 0.717) is 6.04 Å². The topological polar surface area (TPSA) is 25.2 Å². The lowest BCUT2D eigenvalue weighted by Gasteiger charge is -2.21. The minimum atomic E-state index is 0.325. The number of hydrogen-bond acceptors (Lipinski definition) is 2. The van der Waals surface area contributed by atoms with Gasteiger partial charge in [0.25, 0.3) is 0 Å². The maximum atomic E-state index is 5.50. The summed E-state index contributed by atoms with van der Waals surface area (Å²) in [7, 11) is 0. The molecule has 19 heavy (non-hydrogen) atoms. The van der Waals surface area contributed by atoms with E-state index in [1.807, 2.05) is 12.1 Å². The van der Waals surface area contributed by atoms with E-state index in [1.54, 1.807) is 6.26 Å². The maximum absolute atomic E-state index is 5.50. The van der Waals surface area contributed by atoms with Crippen LogP contribution in [0.3, 0.4) is 0 Å². The van der Waals surface area contributed by atoms with Crippen LogP contribution in [-0.2, 0) is 6.42 Å². The van der Waals surface area contributed by atoms with E-state index < -0.39 is 0 Å². The lowest BCUT2D eigenvalue weighted by atomic mass is 9.94. The van der Waals surface area contributed by atoms with Gasteiger partial charge in [-0.25, -0.2) is 0 Å². The Hall–Kier alpha value is -1.54. The molecule has 0 aliphatic carbocycles. The van der Waals surface area contributed by atoms with Gasteiger partial charge in [0, 0.05) is 12.5 Å². The predicted molar refractivity (Wildman–Crippen MR) is 79.4 cm³/mol.